The van der Waals surface area contributed by atoms with Crippen molar-refractivity contribution in [1.82, 2.24) is 20.4 Å². The molecule has 1 unspecified atom stereocenters. The molecule has 2 heterocycles. The first-order valence-corrected chi connectivity index (χ1v) is 10.9. The summed E-state index contributed by atoms with van der Waals surface area (Å²) in [4.78, 5) is 19.2. The van der Waals surface area contributed by atoms with E-state index in [1.807, 2.05) is 38.1 Å². The molecule has 0 saturated carbocycles. The Kier molecular flexibility index (Phi) is 6.93. The molecule has 0 saturated heterocycles. The summed E-state index contributed by atoms with van der Waals surface area (Å²) in [6.45, 7) is 4.86. The van der Waals surface area contributed by atoms with E-state index in [1.54, 1.807) is 18.1 Å². The summed E-state index contributed by atoms with van der Waals surface area (Å²) in [5.74, 6) is 0.106. The predicted molar refractivity (Wildman–Crippen MR) is 124 cm³/mol. The van der Waals surface area contributed by atoms with E-state index in [0.29, 0.717) is 36.4 Å². The Morgan fingerprint density at radius 3 is 2.59 bits per heavy atom. The van der Waals surface area contributed by atoms with Gasteiger partial charge in [0.25, 0.3) is 5.89 Å². The summed E-state index contributed by atoms with van der Waals surface area (Å²) in [6.07, 6.45) is 0.671. The summed E-state index contributed by atoms with van der Waals surface area (Å²) in [5.41, 5.74) is 3.85. The second-order valence-corrected chi connectivity index (χ2v) is 8.06. The second kappa shape index (κ2) is 10.0. The summed E-state index contributed by atoms with van der Waals surface area (Å²) < 4.78 is 30.0. The molecule has 1 N–H and O–H groups in total. The van der Waals surface area contributed by atoms with Crippen LogP contribution < -0.4 is 10.1 Å². The van der Waals surface area contributed by atoms with Gasteiger partial charge < -0.3 is 19.3 Å². The number of aromatic nitrogens is 2. The fourth-order valence-electron chi connectivity index (χ4n) is 3.96. The van der Waals surface area contributed by atoms with Crippen LogP contribution in [0, 0.1) is 12.7 Å². The monoisotopic (exact) mass is 466 g/mol. The molecule has 0 spiro atoms. The molecule has 34 heavy (non-hydrogen) atoms. The maximum absolute atomic E-state index is 14.2. The van der Waals surface area contributed by atoms with Gasteiger partial charge in [-0.15, -0.1) is 0 Å². The minimum absolute atomic E-state index is 0.132. The first-order chi connectivity index (χ1) is 16.4. The number of nitrogens with one attached hydrogen (secondary N) is 1. The van der Waals surface area contributed by atoms with Gasteiger partial charge in [0.2, 0.25) is 5.82 Å². The van der Waals surface area contributed by atoms with Crippen LogP contribution in [0.15, 0.2) is 52.7 Å². The Hall–Kier alpha value is -3.72. The van der Waals surface area contributed by atoms with Gasteiger partial charge in [0.15, 0.2) is 11.6 Å². The van der Waals surface area contributed by atoms with Crippen molar-refractivity contribution in [3.63, 3.8) is 0 Å². The number of hydrogen-bond acceptors (Lipinski definition) is 6. The third-order valence-corrected chi connectivity index (χ3v) is 5.80. The predicted octanol–water partition coefficient (Wildman–Crippen LogP) is 4.73. The Morgan fingerprint density at radius 2 is 1.91 bits per heavy atom. The summed E-state index contributed by atoms with van der Waals surface area (Å²) in [5, 5.41) is 7.14. The zero-order valence-electron chi connectivity index (χ0n) is 19.6. The average molecular weight is 467 g/mol. The van der Waals surface area contributed by atoms with Crippen molar-refractivity contribution < 1.29 is 23.2 Å². The minimum atomic E-state index is -0.520. The third-order valence-electron chi connectivity index (χ3n) is 5.80. The van der Waals surface area contributed by atoms with Gasteiger partial charge in [-0.1, -0.05) is 35.0 Å². The van der Waals surface area contributed by atoms with Crippen LogP contribution in [-0.2, 0) is 4.74 Å². The SMILES string of the molecule is COCCCN1C(=O)NC(c2ccc(C)cc2)C(c2nc(-c3ccc(OC)c(F)c3)no2)=C1C. The number of carbonyl (C=O) groups is 1. The number of allylic oxidation sites excluding steroid dienone is 1. The summed E-state index contributed by atoms with van der Waals surface area (Å²) in [7, 11) is 3.03. The van der Waals surface area contributed by atoms with E-state index < -0.39 is 11.9 Å². The van der Waals surface area contributed by atoms with Gasteiger partial charge in [-0.3, -0.25) is 4.90 Å². The van der Waals surface area contributed by atoms with E-state index in [9.17, 15) is 9.18 Å². The molecule has 178 valence electrons. The molecule has 1 atom stereocenters. The Morgan fingerprint density at radius 1 is 1.15 bits per heavy atom. The van der Waals surface area contributed by atoms with Crippen LogP contribution in [0.4, 0.5) is 9.18 Å². The normalized spacial score (nSPS) is 16.1. The van der Waals surface area contributed by atoms with Crippen molar-refractivity contribution in [2.75, 3.05) is 27.4 Å². The molecule has 0 radical (unpaired) electrons. The van der Waals surface area contributed by atoms with E-state index in [2.05, 4.69) is 15.5 Å². The van der Waals surface area contributed by atoms with Crippen molar-refractivity contribution in [1.29, 1.82) is 0 Å². The molecule has 1 aliphatic rings. The molecule has 1 aromatic heterocycles. The van der Waals surface area contributed by atoms with Crippen molar-refractivity contribution >= 4 is 11.6 Å². The quantitative estimate of drug-likeness (QED) is 0.483. The van der Waals surface area contributed by atoms with Gasteiger partial charge in [-0.2, -0.15) is 4.98 Å². The molecule has 9 heteroatoms. The number of rotatable bonds is 8. The van der Waals surface area contributed by atoms with Crippen LogP contribution in [0.5, 0.6) is 5.75 Å². The Bertz CT molecular complexity index is 1210. The summed E-state index contributed by atoms with van der Waals surface area (Å²) in [6, 6.07) is 11.7. The maximum atomic E-state index is 14.2. The number of carbonyl (C=O) groups excluding carboxylic acids is 1. The molecule has 4 rings (SSSR count). The highest BCUT2D eigenvalue weighted by molar-refractivity contribution is 5.86. The molecule has 0 fully saturated rings. The number of hydrogen-bond donors (Lipinski definition) is 1. The number of halogens is 1. The van der Waals surface area contributed by atoms with Gasteiger partial charge in [-0.25, -0.2) is 9.18 Å². The van der Waals surface area contributed by atoms with Crippen molar-refractivity contribution in [2.24, 2.45) is 0 Å². The van der Waals surface area contributed by atoms with Crippen LogP contribution >= 0.6 is 0 Å². The number of aryl methyl sites for hydroxylation is 1. The van der Waals surface area contributed by atoms with Gasteiger partial charge in [0, 0.05) is 31.5 Å². The van der Waals surface area contributed by atoms with E-state index in [0.717, 1.165) is 11.1 Å². The van der Waals surface area contributed by atoms with Crippen LogP contribution in [0.3, 0.4) is 0 Å². The Balaban J connectivity index is 1.76. The number of ether oxygens (including phenoxy) is 2. The largest absolute Gasteiger partial charge is 0.494 e. The third kappa shape index (κ3) is 4.65. The van der Waals surface area contributed by atoms with Crippen LogP contribution in [0.1, 0.15) is 36.4 Å². The topological polar surface area (TPSA) is 89.7 Å². The highest BCUT2D eigenvalue weighted by atomic mass is 19.1. The van der Waals surface area contributed by atoms with E-state index in [-0.39, 0.29) is 23.5 Å². The van der Waals surface area contributed by atoms with E-state index in [1.165, 1.54) is 19.2 Å². The summed E-state index contributed by atoms with van der Waals surface area (Å²) >= 11 is 0. The van der Waals surface area contributed by atoms with Crippen LogP contribution in [-0.4, -0.2) is 48.4 Å². The Labute approximate surface area is 197 Å². The first kappa shape index (κ1) is 23.4. The lowest BCUT2D eigenvalue weighted by Gasteiger charge is -2.35. The molecule has 0 aliphatic carbocycles. The van der Waals surface area contributed by atoms with E-state index in [4.69, 9.17) is 14.0 Å². The van der Waals surface area contributed by atoms with Gasteiger partial charge in [0.05, 0.1) is 18.7 Å². The molecule has 8 nitrogen and oxygen atoms in total. The number of urea groups is 1. The van der Waals surface area contributed by atoms with Crippen molar-refractivity contribution in [2.45, 2.75) is 26.3 Å². The first-order valence-electron chi connectivity index (χ1n) is 10.9. The number of amides is 2. The molecular weight excluding hydrogens is 439 g/mol. The fourth-order valence-corrected chi connectivity index (χ4v) is 3.96. The van der Waals surface area contributed by atoms with Crippen LogP contribution in [0.25, 0.3) is 17.0 Å². The standard InChI is InChI=1S/C25H27FN4O4/c1-15-6-8-17(9-7-15)22-21(16(2)30(25(31)27-22)12-5-13-32-3)24-28-23(29-34-24)18-10-11-20(33-4)19(26)14-18/h6-11,14,22H,5,12-13H2,1-4H3,(H,27,31). The van der Waals surface area contributed by atoms with Crippen molar-refractivity contribution in [3.05, 3.63) is 71.0 Å². The van der Waals surface area contributed by atoms with Crippen LogP contribution in [0.2, 0.25) is 0 Å². The van der Waals surface area contributed by atoms with Gasteiger partial charge in [-0.05, 0) is 44.0 Å². The van der Waals surface area contributed by atoms with Crippen molar-refractivity contribution in [3.8, 4) is 17.1 Å². The molecule has 0 bridgehead atoms. The number of methoxy groups -OCH3 is 2. The average Bonchev–Trinajstić information content (AvgIpc) is 3.31. The molecular formula is C25H27FN4O4. The zero-order valence-corrected chi connectivity index (χ0v) is 19.6. The highest BCUT2D eigenvalue weighted by Gasteiger charge is 2.35. The minimum Gasteiger partial charge on any atom is -0.494 e. The lowest BCUT2D eigenvalue weighted by molar-refractivity contribution is 0.174. The number of benzene rings is 2. The van der Waals surface area contributed by atoms with E-state index >= 15 is 0 Å². The molecule has 2 amide bonds. The lowest BCUT2D eigenvalue weighted by Crippen LogP contribution is -2.46. The number of nitrogens with zero attached hydrogens (tertiary/aromatic N) is 3. The fraction of sp³-hybridized carbons (Fsp3) is 0.320. The smallest absolute Gasteiger partial charge is 0.322 e. The molecule has 3 aromatic rings. The van der Waals surface area contributed by atoms with Gasteiger partial charge >= 0.3 is 6.03 Å². The maximum Gasteiger partial charge on any atom is 0.322 e. The van der Waals surface area contributed by atoms with Gasteiger partial charge in [0.1, 0.15) is 0 Å². The molecule has 2 aromatic carbocycles. The lowest BCUT2D eigenvalue weighted by atomic mass is 9.94. The zero-order chi connectivity index (χ0) is 24.2. The second-order valence-electron chi connectivity index (χ2n) is 8.06. The molecule has 1 aliphatic heterocycles. The highest BCUT2D eigenvalue weighted by Crippen LogP contribution is 2.37.